The molecule has 0 spiro atoms. The molecule has 1 rings (SSSR count). The Bertz CT molecular complexity index is 467. The minimum Gasteiger partial charge on any atom is -0.205 e. The summed E-state index contributed by atoms with van der Waals surface area (Å²) in [6.45, 7) is 5.78. The number of pyridine rings is 1. The molecule has 0 saturated carbocycles. The van der Waals surface area contributed by atoms with Crippen LogP contribution in [0.5, 0.6) is 0 Å². The fraction of sp³-hybridized carbons (Fsp3) is 0.828. The average molecular weight is 417 g/mol. The van der Waals surface area contributed by atoms with Gasteiger partial charge in [-0.25, -0.2) is 4.57 Å². The van der Waals surface area contributed by atoms with Gasteiger partial charge in [0.15, 0.2) is 12.4 Å². The van der Waals surface area contributed by atoms with E-state index in [4.69, 9.17) is 0 Å². The minimum atomic E-state index is 1.19. The molecule has 0 fully saturated rings. The first kappa shape index (κ1) is 27.2. The van der Waals surface area contributed by atoms with Crippen molar-refractivity contribution >= 4 is 0 Å². The van der Waals surface area contributed by atoms with Gasteiger partial charge in [-0.05, 0) is 25.3 Å². The van der Waals surface area contributed by atoms with Crippen molar-refractivity contribution in [2.45, 2.75) is 155 Å². The van der Waals surface area contributed by atoms with Gasteiger partial charge in [0.2, 0.25) is 0 Å². The number of rotatable bonds is 22. The lowest BCUT2D eigenvalue weighted by atomic mass is 10.0. The molecule has 1 aromatic rings. The van der Waals surface area contributed by atoms with Crippen molar-refractivity contribution in [2.75, 3.05) is 0 Å². The summed E-state index contributed by atoms with van der Waals surface area (Å²) in [5.41, 5.74) is 1.53. The summed E-state index contributed by atoms with van der Waals surface area (Å²) in [6, 6.07) is 4.57. The number of aromatic nitrogens is 1. The molecule has 0 unspecified atom stereocenters. The quantitative estimate of drug-likeness (QED) is 0.131. The average Bonchev–Trinajstić information content (AvgIpc) is 2.77. The van der Waals surface area contributed by atoms with Crippen LogP contribution in [0.15, 0.2) is 24.5 Å². The Morgan fingerprint density at radius 1 is 0.533 bits per heavy atom. The highest BCUT2D eigenvalue weighted by molar-refractivity contribution is 5.05. The van der Waals surface area contributed by atoms with Crippen LogP contribution in [0, 0.1) is 0 Å². The van der Waals surface area contributed by atoms with Gasteiger partial charge in [0.05, 0.1) is 0 Å². The lowest BCUT2D eigenvalue weighted by Gasteiger charge is -2.04. The van der Waals surface area contributed by atoms with Crippen LogP contribution in [0.1, 0.15) is 148 Å². The first-order chi connectivity index (χ1) is 14.9. The maximum absolute atomic E-state index is 2.42. The highest BCUT2D eigenvalue weighted by Crippen LogP contribution is 2.13. The van der Waals surface area contributed by atoms with E-state index in [9.17, 15) is 0 Å². The van der Waals surface area contributed by atoms with Crippen molar-refractivity contribution in [1.82, 2.24) is 0 Å². The second kappa shape index (κ2) is 21.4. The van der Waals surface area contributed by atoms with E-state index in [1.165, 1.54) is 147 Å². The molecule has 0 aliphatic rings. The fourth-order valence-electron chi connectivity index (χ4n) is 4.46. The molecule has 0 bridgehead atoms. The number of aryl methyl sites for hydroxylation is 2. The van der Waals surface area contributed by atoms with Crippen LogP contribution in [0.25, 0.3) is 0 Å². The maximum Gasteiger partial charge on any atom is 0.171 e. The van der Waals surface area contributed by atoms with Crippen molar-refractivity contribution in [3.05, 3.63) is 30.1 Å². The maximum atomic E-state index is 2.42. The van der Waals surface area contributed by atoms with Gasteiger partial charge in [-0.2, -0.15) is 0 Å². The second-order valence-corrected chi connectivity index (χ2v) is 9.56. The smallest absolute Gasteiger partial charge is 0.171 e. The van der Waals surface area contributed by atoms with Gasteiger partial charge < -0.3 is 0 Å². The zero-order valence-corrected chi connectivity index (χ0v) is 20.8. The fourth-order valence-corrected chi connectivity index (χ4v) is 4.46. The summed E-state index contributed by atoms with van der Waals surface area (Å²) in [5.74, 6) is 0. The number of unbranched alkanes of at least 4 members (excludes halogenated alkanes) is 18. The van der Waals surface area contributed by atoms with E-state index in [2.05, 4.69) is 42.9 Å². The third kappa shape index (κ3) is 16.9. The molecule has 30 heavy (non-hydrogen) atoms. The predicted molar refractivity (Wildman–Crippen MR) is 134 cm³/mol. The number of hydrogen-bond acceptors (Lipinski definition) is 0. The van der Waals surface area contributed by atoms with E-state index < -0.39 is 0 Å². The largest absolute Gasteiger partial charge is 0.205 e. The minimum absolute atomic E-state index is 1.19. The Kier molecular flexibility index (Phi) is 19.4. The van der Waals surface area contributed by atoms with E-state index >= 15 is 0 Å². The Labute approximate surface area is 190 Å². The van der Waals surface area contributed by atoms with Crippen LogP contribution >= 0.6 is 0 Å². The van der Waals surface area contributed by atoms with Crippen molar-refractivity contribution in [3.63, 3.8) is 0 Å². The van der Waals surface area contributed by atoms with Crippen LogP contribution in [-0.2, 0) is 13.0 Å². The van der Waals surface area contributed by atoms with E-state index in [1.807, 2.05) is 0 Å². The molecule has 174 valence electrons. The van der Waals surface area contributed by atoms with Crippen LogP contribution in [0.3, 0.4) is 0 Å². The van der Waals surface area contributed by atoms with Gasteiger partial charge in [0.25, 0.3) is 0 Å². The third-order valence-electron chi connectivity index (χ3n) is 6.51. The highest BCUT2D eigenvalue weighted by atomic mass is 14.9. The van der Waals surface area contributed by atoms with Gasteiger partial charge >= 0.3 is 0 Å². The topological polar surface area (TPSA) is 3.88 Å². The van der Waals surface area contributed by atoms with E-state index in [-0.39, 0.29) is 0 Å². The standard InChI is InChI=1S/C29H54N/c1-3-5-7-9-11-12-13-14-15-16-17-18-19-21-24-29-25-23-27-30(28-29)26-22-20-10-8-6-4-2/h23,25,27-28H,3-22,24,26H2,1-2H3/q+1. The molecular formula is C29H54N+. The summed E-state index contributed by atoms with van der Waals surface area (Å²) in [7, 11) is 0. The molecule has 0 aromatic carbocycles. The van der Waals surface area contributed by atoms with Crippen LogP contribution in [0.4, 0.5) is 0 Å². The van der Waals surface area contributed by atoms with E-state index in [0.29, 0.717) is 0 Å². The molecule has 0 saturated heterocycles. The van der Waals surface area contributed by atoms with Gasteiger partial charge in [-0.3, -0.25) is 0 Å². The molecule has 0 atom stereocenters. The zero-order chi connectivity index (χ0) is 21.5. The Morgan fingerprint density at radius 3 is 1.47 bits per heavy atom. The van der Waals surface area contributed by atoms with E-state index in [0.717, 1.165) is 0 Å². The van der Waals surface area contributed by atoms with E-state index in [1.54, 1.807) is 0 Å². The highest BCUT2D eigenvalue weighted by Gasteiger charge is 2.03. The first-order valence-corrected chi connectivity index (χ1v) is 13.8. The van der Waals surface area contributed by atoms with Gasteiger partial charge in [-0.15, -0.1) is 0 Å². The summed E-state index contributed by atoms with van der Waals surface area (Å²) < 4.78 is 2.42. The molecule has 0 radical (unpaired) electrons. The van der Waals surface area contributed by atoms with Gasteiger partial charge in [0, 0.05) is 18.1 Å². The molecule has 0 N–H and O–H groups in total. The molecule has 0 aliphatic heterocycles. The van der Waals surface area contributed by atoms with Crippen molar-refractivity contribution in [3.8, 4) is 0 Å². The van der Waals surface area contributed by atoms with Crippen molar-refractivity contribution in [2.24, 2.45) is 0 Å². The number of hydrogen-bond donors (Lipinski definition) is 0. The Morgan fingerprint density at radius 2 is 0.967 bits per heavy atom. The first-order valence-electron chi connectivity index (χ1n) is 13.8. The second-order valence-electron chi connectivity index (χ2n) is 9.56. The van der Waals surface area contributed by atoms with Crippen molar-refractivity contribution in [1.29, 1.82) is 0 Å². The monoisotopic (exact) mass is 416 g/mol. The Balaban J connectivity index is 1.92. The van der Waals surface area contributed by atoms with Gasteiger partial charge in [0.1, 0.15) is 6.54 Å². The lowest BCUT2D eigenvalue weighted by Crippen LogP contribution is -2.33. The zero-order valence-electron chi connectivity index (χ0n) is 20.8. The normalized spacial score (nSPS) is 11.3. The molecule has 1 nitrogen and oxygen atoms in total. The van der Waals surface area contributed by atoms with Crippen LogP contribution in [-0.4, -0.2) is 0 Å². The lowest BCUT2D eigenvalue weighted by molar-refractivity contribution is -0.697. The summed E-state index contributed by atoms with van der Waals surface area (Å²) in [5, 5.41) is 0. The van der Waals surface area contributed by atoms with Crippen LogP contribution in [0.2, 0.25) is 0 Å². The molecule has 1 heterocycles. The Hall–Kier alpha value is -0.850. The summed E-state index contributed by atoms with van der Waals surface area (Å²) in [4.78, 5) is 0. The number of nitrogens with zero attached hydrogens (tertiary/aromatic N) is 1. The predicted octanol–water partition coefficient (Wildman–Crippen LogP) is 9.36. The molecule has 1 heteroatoms. The SMILES string of the molecule is CCCCCCCCCCCCCCCCc1ccc[n+](CCCCCCCC)c1. The molecule has 0 aliphatic carbocycles. The molecular weight excluding hydrogens is 362 g/mol. The molecule has 0 amide bonds. The summed E-state index contributed by atoms with van der Waals surface area (Å²) in [6.07, 6.45) is 34.4. The van der Waals surface area contributed by atoms with Crippen molar-refractivity contribution < 1.29 is 4.57 Å². The molecule has 1 aromatic heterocycles. The van der Waals surface area contributed by atoms with Crippen LogP contribution < -0.4 is 4.57 Å². The van der Waals surface area contributed by atoms with Gasteiger partial charge in [-0.1, -0.05) is 123 Å². The summed E-state index contributed by atoms with van der Waals surface area (Å²) >= 11 is 0. The third-order valence-corrected chi connectivity index (χ3v) is 6.51.